The van der Waals surface area contributed by atoms with Crippen LogP contribution >= 0.6 is 22.6 Å². The molecule has 1 aromatic heterocycles. The summed E-state index contributed by atoms with van der Waals surface area (Å²) < 4.78 is 5.69. The fraction of sp³-hybridized carbons (Fsp3) is 0.125. The molecule has 72 valence electrons. The maximum Gasteiger partial charge on any atom is 0.183 e. The topological polar surface area (TPSA) is 85.7 Å². The zero-order chi connectivity index (χ0) is 10.4. The SMILES string of the molecule is N#Cc1cc(CN/C(I)=C\C=N)on1. The summed E-state index contributed by atoms with van der Waals surface area (Å²) in [7, 11) is 0. The van der Waals surface area contributed by atoms with Crippen LogP contribution in [0.15, 0.2) is 20.4 Å². The van der Waals surface area contributed by atoms with Gasteiger partial charge in [-0.25, -0.2) is 0 Å². The first kappa shape index (κ1) is 10.7. The van der Waals surface area contributed by atoms with Gasteiger partial charge in [-0.1, -0.05) is 5.16 Å². The van der Waals surface area contributed by atoms with Gasteiger partial charge in [0.15, 0.2) is 11.5 Å². The first-order valence-electron chi connectivity index (χ1n) is 3.72. The Bertz CT molecular complexity index is 390. The summed E-state index contributed by atoms with van der Waals surface area (Å²) in [5, 5.41) is 21.8. The summed E-state index contributed by atoms with van der Waals surface area (Å²) in [6.07, 6.45) is 2.80. The molecular formula is C8H7IN4O. The molecule has 0 aromatic carbocycles. The first-order chi connectivity index (χ1) is 6.76. The van der Waals surface area contributed by atoms with Gasteiger partial charge >= 0.3 is 0 Å². The second-order valence-electron chi connectivity index (χ2n) is 2.33. The number of rotatable bonds is 4. The van der Waals surface area contributed by atoms with Crippen molar-refractivity contribution in [3.8, 4) is 6.07 Å². The lowest BCUT2D eigenvalue weighted by molar-refractivity contribution is 0.377. The number of nitrogens with zero attached hydrogens (tertiary/aromatic N) is 2. The van der Waals surface area contributed by atoms with E-state index in [1.165, 1.54) is 6.21 Å². The van der Waals surface area contributed by atoms with Crippen LogP contribution in [0.2, 0.25) is 0 Å². The van der Waals surface area contributed by atoms with Gasteiger partial charge in [-0.15, -0.1) is 0 Å². The molecule has 0 spiro atoms. The lowest BCUT2D eigenvalue weighted by Gasteiger charge is -1.99. The van der Waals surface area contributed by atoms with Crippen LogP contribution in [0.1, 0.15) is 11.5 Å². The van der Waals surface area contributed by atoms with E-state index in [0.29, 0.717) is 12.3 Å². The van der Waals surface area contributed by atoms with Crippen LogP contribution in [0.25, 0.3) is 0 Å². The largest absolute Gasteiger partial charge is 0.373 e. The molecule has 14 heavy (non-hydrogen) atoms. The molecule has 0 atom stereocenters. The van der Waals surface area contributed by atoms with Crippen molar-refractivity contribution < 1.29 is 4.52 Å². The molecule has 1 rings (SSSR count). The maximum atomic E-state index is 8.48. The van der Waals surface area contributed by atoms with Crippen LogP contribution in [-0.4, -0.2) is 11.4 Å². The van der Waals surface area contributed by atoms with Gasteiger partial charge in [-0.3, -0.25) is 0 Å². The van der Waals surface area contributed by atoms with Crippen molar-refractivity contribution in [3.05, 3.63) is 27.3 Å². The van der Waals surface area contributed by atoms with Crippen LogP contribution in [0.3, 0.4) is 0 Å². The molecule has 1 heterocycles. The number of aromatic nitrogens is 1. The van der Waals surface area contributed by atoms with E-state index >= 15 is 0 Å². The van der Waals surface area contributed by atoms with Crippen molar-refractivity contribution in [1.29, 1.82) is 10.7 Å². The molecule has 0 saturated heterocycles. The molecule has 0 radical (unpaired) electrons. The van der Waals surface area contributed by atoms with Gasteiger partial charge in [0.2, 0.25) is 0 Å². The molecular weight excluding hydrogens is 295 g/mol. The van der Waals surface area contributed by atoms with E-state index < -0.39 is 0 Å². The van der Waals surface area contributed by atoms with Gasteiger partial charge in [0.05, 0.1) is 10.2 Å². The fourth-order valence-corrected chi connectivity index (χ4v) is 1.12. The third-order valence-electron chi connectivity index (χ3n) is 1.33. The van der Waals surface area contributed by atoms with Crippen LogP contribution < -0.4 is 5.32 Å². The zero-order valence-corrected chi connectivity index (χ0v) is 9.28. The quantitative estimate of drug-likeness (QED) is 0.502. The fourth-order valence-electron chi connectivity index (χ4n) is 0.753. The Balaban J connectivity index is 2.50. The summed E-state index contributed by atoms with van der Waals surface area (Å²) in [5.41, 5.74) is 0.271. The first-order valence-corrected chi connectivity index (χ1v) is 4.80. The molecule has 0 saturated carbocycles. The molecule has 0 amide bonds. The lowest BCUT2D eigenvalue weighted by Crippen LogP contribution is -2.07. The molecule has 0 fully saturated rings. The summed E-state index contributed by atoms with van der Waals surface area (Å²) in [5.74, 6) is 0.592. The third-order valence-corrected chi connectivity index (χ3v) is 2.08. The van der Waals surface area contributed by atoms with Gasteiger partial charge in [-0.2, -0.15) is 5.26 Å². The van der Waals surface area contributed by atoms with E-state index in [4.69, 9.17) is 15.2 Å². The minimum atomic E-state index is 0.271. The standard InChI is InChI=1S/C8H7IN4O/c9-8(1-2-10)12-5-7-3-6(4-11)13-14-7/h1-3,10,12H,5H2/b8-1-,10-2?. The zero-order valence-electron chi connectivity index (χ0n) is 7.12. The predicted molar refractivity (Wildman–Crippen MR) is 58.9 cm³/mol. The van der Waals surface area contributed by atoms with E-state index in [-0.39, 0.29) is 5.69 Å². The van der Waals surface area contributed by atoms with Gasteiger partial charge in [0.25, 0.3) is 0 Å². The molecule has 2 N–H and O–H groups in total. The Kier molecular flexibility index (Phi) is 4.12. The van der Waals surface area contributed by atoms with Crippen molar-refractivity contribution in [2.75, 3.05) is 0 Å². The van der Waals surface area contributed by atoms with Crippen LogP contribution in [-0.2, 0) is 6.54 Å². The highest BCUT2D eigenvalue weighted by Gasteiger charge is 2.02. The van der Waals surface area contributed by atoms with E-state index in [1.807, 2.05) is 6.07 Å². The molecule has 5 nitrogen and oxygen atoms in total. The van der Waals surface area contributed by atoms with Crippen molar-refractivity contribution >= 4 is 28.8 Å². The Morgan fingerprint density at radius 1 is 1.86 bits per heavy atom. The summed E-state index contributed by atoms with van der Waals surface area (Å²) >= 11 is 2.06. The molecule has 6 heteroatoms. The van der Waals surface area contributed by atoms with E-state index in [1.54, 1.807) is 12.1 Å². The predicted octanol–water partition coefficient (Wildman–Crippen LogP) is 1.56. The van der Waals surface area contributed by atoms with Crippen LogP contribution in [0, 0.1) is 16.7 Å². The molecule has 1 aromatic rings. The minimum absolute atomic E-state index is 0.271. The molecule has 0 aliphatic carbocycles. The van der Waals surface area contributed by atoms with Gasteiger partial charge in [0.1, 0.15) is 6.07 Å². The number of hydrogen-bond donors (Lipinski definition) is 2. The Morgan fingerprint density at radius 3 is 3.21 bits per heavy atom. The Labute approximate surface area is 94.4 Å². The smallest absolute Gasteiger partial charge is 0.183 e. The number of nitriles is 1. The van der Waals surface area contributed by atoms with Crippen molar-refractivity contribution in [2.24, 2.45) is 0 Å². The number of allylic oxidation sites excluding steroid dienone is 1. The highest BCUT2D eigenvalue weighted by Crippen LogP contribution is 2.05. The van der Waals surface area contributed by atoms with E-state index in [9.17, 15) is 0 Å². The van der Waals surface area contributed by atoms with Crippen molar-refractivity contribution in [2.45, 2.75) is 6.54 Å². The average molecular weight is 302 g/mol. The Hall–Kier alpha value is -1.36. The monoisotopic (exact) mass is 302 g/mol. The Morgan fingerprint density at radius 2 is 2.64 bits per heavy atom. The number of halogens is 1. The third kappa shape index (κ3) is 3.18. The minimum Gasteiger partial charge on any atom is -0.373 e. The average Bonchev–Trinajstić information content (AvgIpc) is 2.63. The molecule has 0 bridgehead atoms. The highest BCUT2D eigenvalue weighted by molar-refractivity contribution is 14.1. The molecule has 0 aliphatic rings. The molecule has 0 unspecified atom stereocenters. The maximum absolute atomic E-state index is 8.48. The second-order valence-corrected chi connectivity index (χ2v) is 3.49. The highest BCUT2D eigenvalue weighted by atomic mass is 127. The normalized spacial score (nSPS) is 10.7. The van der Waals surface area contributed by atoms with Gasteiger partial charge < -0.3 is 15.2 Å². The van der Waals surface area contributed by atoms with E-state index in [0.717, 1.165) is 3.70 Å². The lowest BCUT2D eigenvalue weighted by atomic mass is 10.4. The summed E-state index contributed by atoms with van der Waals surface area (Å²) in [4.78, 5) is 0. The molecule has 0 aliphatic heterocycles. The van der Waals surface area contributed by atoms with Crippen LogP contribution in [0.5, 0.6) is 0 Å². The van der Waals surface area contributed by atoms with Crippen molar-refractivity contribution in [3.63, 3.8) is 0 Å². The number of hydrogen-bond acceptors (Lipinski definition) is 5. The van der Waals surface area contributed by atoms with E-state index in [2.05, 4.69) is 33.1 Å². The second kappa shape index (κ2) is 5.39. The van der Waals surface area contributed by atoms with Crippen LogP contribution in [0.4, 0.5) is 0 Å². The summed E-state index contributed by atoms with van der Waals surface area (Å²) in [6, 6.07) is 3.45. The van der Waals surface area contributed by atoms with Gasteiger partial charge in [-0.05, 0) is 28.7 Å². The van der Waals surface area contributed by atoms with Crippen molar-refractivity contribution in [1.82, 2.24) is 10.5 Å². The number of nitrogens with one attached hydrogen (secondary N) is 2. The summed E-state index contributed by atoms with van der Waals surface area (Å²) in [6.45, 7) is 0.456. The van der Waals surface area contributed by atoms with Gasteiger partial charge in [0, 0.05) is 12.3 Å².